The number of hydrogen-bond donors (Lipinski definition) is 0. The molecule has 1 aromatic carbocycles. The average molecular weight is 363 g/mol. The van der Waals surface area contributed by atoms with Crippen LogP contribution in [-0.4, -0.2) is 17.1 Å². The molecule has 0 atom stereocenters. The van der Waals surface area contributed by atoms with Crippen molar-refractivity contribution < 1.29 is 0 Å². The summed E-state index contributed by atoms with van der Waals surface area (Å²) in [6, 6.07) is 6.53. The minimum Gasteiger partial charge on any atom is -0.273 e. The van der Waals surface area contributed by atoms with E-state index in [0.717, 1.165) is 14.6 Å². The maximum atomic E-state index is 4.31. The zero-order valence-electron chi connectivity index (χ0n) is 10.5. The summed E-state index contributed by atoms with van der Waals surface area (Å²) in [5.74, 6) is 0. The van der Waals surface area contributed by atoms with Crippen LogP contribution in [0.2, 0.25) is 0 Å². The first-order chi connectivity index (χ1) is 7.93. The predicted molar refractivity (Wildman–Crippen MR) is 78.5 cm³/mol. The van der Waals surface area contributed by atoms with Gasteiger partial charge in [-0.05, 0) is 71.7 Å². The molecular formula is C12H17Br2N3. The maximum absolute atomic E-state index is 4.31. The van der Waals surface area contributed by atoms with E-state index in [9.17, 15) is 0 Å². The van der Waals surface area contributed by atoms with Gasteiger partial charge in [-0.1, -0.05) is 11.3 Å². The van der Waals surface area contributed by atoms with E-state index in [0.29, 0.717) is 12.1 Å². The molecule has 0 aliphatic rings. The molecule has 0 bridgehead atoms. The molecule has 0 N–H and O–H groups in total. The van der Waals surface area contributed by atoms with Gasteiger partial charge in [0.1, 0.15) is 5.69 Å². The predicted octanol–water partition coefficient (Wildman–Crippen LogP) is 5.33. The van der Waals surface area contributed by atoms with E-state index in [-0.39, 0.29) is 0 Å². The fourth-order valence-electron chi connectivity index (χ4n) is 1.48. The maximum Gasteiger partial charge on any atom is 0.116 e. The number of nitrogens with zero attached hydrogens (tertiary/aromatic N) is 3. The van der Waals surface area contributed by atoms with Gasteiger partial charge < -0.3 is 0 Å². The van der Waals surface area contributed by atoms with E-state index >= 15 is 0 Å². The molecule has 0 radical (unpaired) electrons. The molecule has 0 aliphatic carbocycles. The van der Waals surface area contributed by atoms with Crippen LogP contribution in [0.1, 0.15) is 27.7 Å². The van der Waals surface area contributed by atoms with Gasteiger partial charge in [-0.2, -0.15) is 0 Å². The third kappa shape index (κ3) is 4.07. The van der Waals surface area contributed by atoms with Crippen molar-refractivity contribution in [3.05, 3.63) is 27.1 Å². The van der Waals surface area contributed by atoms with Gasteiger partial charge in [0, 0.05) is 21.0 Å². The molecule has 0 fully saturated rings. The summed E-state index contributed by atoms with van der Waals surface area (Å²) in [6.07, 6.45) is 0. The van der Waals surface area contributed by atoms with Crippen molar-refractivity contribution in [3.63, 3.8) is 0 Å². The van der Waals surface area contributed by atoms with Crippen molar-refractivity contribution >= 4 is 37.5 Å². The first kappa shape index (κ1) is 14.6. The van der Waals surface area contributed by atoms with E-state index in [1.54, 1.807) is 0 Å². The Hall–Kier alpha value is -0.420. The zero-order chi connectivity index (χ0) is 13.0. The van der Waals surface area contributed by atoms with Gasteiger partial charge in [0.05, 0.1) is 0 Å². The molecule has 17 heavy (non-hydrogen) atoms. The fourth-order valence-corrected chi connectivity index (χ4v) is 2.64. The van der Waals surface area contributed by atoms with Crippen LogP contribution in [0.25, 0.3) is 0 Å². The molecule has 0 aliphatic heterocycles. The standard InChI is InChI=1S/C12H17Br2N3/c1-8(2)17(9(3)4)16-15-12-10(13)6-5-7-11(12)14/h5-9H,1-4H3. The summed E-state index contributed by atoms with van der Waals surface area (Å²) < 4.78 is 1.87. The first-order valence-corrected chi connectivity index (χ1v) is 7.16. The van der Waals surface area contributed by atoms with Crippen molar-refractivity contribution in [2.75, 3.05) is 0 Å². The number of hydrogen-bond acceptors (Lipinski definition) is 2. The highest BCUT2D eigenvalue weighted by atomic mass is 79.9. The quantitative estimate of drug-likeness (QED) is 0.525. The van der Waals surface area contributed by atoms with Crippen LogP contribution in [0.5, 0.6) is 0 Å². The minimum absolute atomic E-state index is 0.333. The number of benzene rings is 1. The van der Waals surface area contributed by atoms with Crippen LogP contribution in [0.4, 0.5) is 5.69 Å². The molecule has 5 heteroatoms. The largest absolute Gasteiger partial charge is 0.273 e. The van der Waals surface area contributed by atoms with E-state index in [1.165, 1.54) is 0 Å². The second kappa shape index (κ2) is 6.50. The molecule has 0 saturated carbocycles. The van der Waals surface area contributed by atoms with Gasteiger partial charge in [-0.25, -0.2) is 0 Å². The molecule has 0 spiro atoms. The Balaban J connectivity index is 2.96. The lowest BCUT2D eigenvalue weighted by molar-refractivity contribution is 0.169. The summed E-state index contributed by atoms with van der Waals surface area (Å²) in [7, 11) is 0. The van der Waals surface area contributed by atoms with Crippen molar-refractivity contribution in [3.8, 4) is 0 Å². The Morgan fingerprint density at radius 2 is 1.47 bits per heavy atom. The lowest BCUT2D eigenvalue weighted by atomic mass is 10.3. The Bertz CT molecular complexity index is 374. The van der Waals surface area contributed by atoms with Gasteiger partial charge in [-0.15, -0.1) is 5.11 Å². The molecule has 0 amide bonds. The number of rotatable bonds is 4. The van der Waals surface area contributed by atoms with Crippen LogP contribution < -0.4 is 0 Å². The first-order valence-electron chi connectivity index (χ1n) is 5.57. The Morgan fingerprint density at radius 3 is 1.88 bits per heavy atom. The molecule has 0 aromatic heterocycles. The average Bonchev–Trinajstić information content (AvgIpc) is 2.21. The van der Waals surface area contributed by atoms with Gasteiger partial charge in [-0.3, -0.25) is 5.01 Å². The van der Waals surface area contributed by atoms with Crippen molar-refractivity contribution in [2.24, 2.45) is 10.3 Å². The fraction of sp³-hybridized carbons (Fsp3) is 0.500. The highest BCUT2D eigenvalue weighted by molar-refractivity contribution is 9.11. The van der Waals surface area contributed by atoms with E-state index in [4.69, 9.17) is 0 Å². The van der Waals surface area contributed by atoms with Gasteiger partial charge >= 0.3 is 0 Å². The van der Waals surface area contributed by atoms with Crippen LogP contribution in [0.3, 0.4) is 0 Å². The van der Waals surface area contributed by atoms with Crippen LogP contribution in [-0.2, 0) is 0 Å². The second-order valence-electron chi connectivity index (χ2n) is 4.33. The molecule has 0 unspecified atom stereocenters. The molecule has 1 rings (SSSR count). The van der Waals surface area contributed by atoms with Crippen molar-refractivity contribution in [2.45, 2.75) is 39.8 Å². The molecule has 94 valence electrons. The normalized spacial score (nSPS) is 11.8. The van der Waals surface area contributed by atoms with Gasteiger partial charge in [0.25, 0.3) is 0 Å². The lowest BCUT2D eigenvalue weighted by Crippen LogP contribution is -2.31. The van der Waals surface area contributed by atoms with Crippen LogP contribution >= 0.6 is 31.9 Å². The summed E-state index contributed by atoms with van der Waals surface area (Å²) in [6.45, 7) is 8.42. The van der Waals surface area contributed by atoms with E-state index in [2.05, 4.69) is 69.9 Å². The van der Waals surface area contributed by atoms with Crippen LogP contribution in [0, 0.1) is 0 Å². The highest BCUT2D eigenvalue weighted by Crippen LogP contribution is 2.33. The SMILES string of the molecule is CC(C)N(N=Nc1c(Br)cccc1Br)C(C)C. The summed E-state index contributed by atoms with van der Waals surface area (Å²) in [5.41, 5.74) is 0.818. The minimum atomic E-state index is 0.333. The monoisotopic (exact) mass is 361 g/mol. The lowest BCUT2D eigenvalue weighted by Gasteiger charge is -2.25. The zero-order valence-corrected chi connectivity index (χ0v) is 13.7. The van der Waals surface area contributed by atoms with Crippen LogP contribution in [0.15, 0.2) is 37.5 Å². The van der Waals surface area contributed by atoms with Gasteiger partial charge in [0.2, 0.25) is 0 Å². The third-order valence-corrected chi connectivity index (χ3v) is 3.52. The third-order valence-electron chi connectivity index (χ3n) is 2.24. The van der Waals surface area contributed by atoms with E-state index < -0.39 is 0 Å². The number of halogens is 2. The molecule has 3 nitrogen and oxygen atoms in total. The Kier molecular flexibility index (Phi) is 5.59. The highest BCUT2D eigenvalue weighted by Gasteiger charge is 2.11. The molecule has 1 aromatic rings. The Morgan fingerprint density at radius 1 is 1.00 bits per heavy atom. The van der Waals surface area contributed by atoms with Gasteiger partial charge in [0.15, 0.2) is 0 Å². The summed E-state index contributed by atoms with van der Waals surface area (Å²) in [4.78, 5) is 0. The molecule has 0 heterocycles. The Labute approximate surface area is 120 Å². The smallest absolute Gasteiger partial charge is 0.116 e. The van der Waals surface area contributed by atoms with E-state index in [1.807, 2.05) is 23.2 Å². The van der Waals surface area contributed by atoms with Crippen molar-refractivity contribution in [1.82, 2.24) is 5.01 Å². The molecule has 0 saturated heterocycles. The molecular weight excluding hydrogens is 346 g/mol. The second-order valence-corrected chi connectivity index (χ2v) is 6.04. The van der Waals surface area contributed by atoms with Crippen molar-refractivity contribution in [1.29, 1.82) is 0 Å². The summed E-state index contributed by atoms with van der Waals surface area (Å²) >= 11 is 6.94. The summed E-state index contributed by atoms with van der Waals surface area (Å²) in [5, 5.41) is 10.6. The topological polar surface area (TPSA) is 28.0 Å².